The molecule has 194 valence electrons. The van der Waals surface area contributed by atoms with Crippen molar-refractivity contribution < 1.29 is 19.0 Å². The van der Waals surface area contributed by atoms with E-state index in [2.05, 4.69) is 16.8 Å². The monoisotopic (exact) mass is 496 g/mol. The molecule has 1 N–H and O–H groups in total. The molecule has 9 heteroatoms. The van der Waals surface area contributed by atoms with Crippen LogP contribution in [0, 0.1) is 12.8 Å². The lowest BCUT2D eigenvalue weighted by molar-refractivity contribution is -0.152. The van der Waals surface area contributed by atoms with E-state index in [1.165, 1.54) is 0 Å². The van der Waals surface area contributed by atoms with Crippen molar-refractivity contribution in [3.8, 4) is 17.1 Å². The van der Waals surface area contributed by atoms with Gasteiger partial charge in [0, 0.05) is 49.9 Å². The Morgan fingerprint density at radius 2 is 2.11 bits per heavy atom. The molecule has 1 fully saturated rings. The van der Waals surface area contributed by atoms with Gasteiger partial charge in [-0.15, -0.1) is 0 Å². The van der Waals surface area contributed by atoms with Gasteiger partial charge in [0.1, 0.15) is 30.3 Å². The highest BCUT2D eigenvalue weighted by atomic mass is 16.6. The van der Waals surface area contributed by atoms with E-state index in [0.29, 0.717) is 37.7 Å². The molecule has 36 heavy (non-hydrogen) atoms. The number of fused-ring (bicyclic) bond motifs is 1. The fraction of sp³-hybridized carbons (Fsp3) is 0.519. The number of imidazole rings is 1. The van der Waals surface area contributed by atoms with Crippen LogP contribution in [0.1, 0.15) is 32.8 Å². The number of nitrogens with zero attached hydrogens (tertiary/aromatic N) is 3. The Kier molecular flexibility index (Phi) is 8.11. The fourth-order valence-corrected chi connectivity index (χ4v) is 4.56. The van der Waals surface area contributed by atoms with Crippen LogP contribution in [0.5, 0.6) is 5.75 Å². The number of carbonyl (C=O) groups excluding carboxylic acids is 1. The third kappa shape index (κ3) is 5.63. The Balaban J connectivity index is 1.42. The van der Waals surface area contributed by atoms with Crippen molar-refractivity contribution >= 4 is 17.0 Å². The van der Waals surface area contributed by atoms with E-state index in [-0.39, 0.29) is 23.6 Å². The second kappa shape index (κ2) is 11.3. The minimum Gasteiger partial charge on any atom is -0.492 e. The lowest BCUT2D eigenvalue weighted by Gasteiger charge is -2.22. The SMILES string of the molecule is CCn1c(-c2cc(C)c(=O)n(C)c2)nc2cc(OCCNC(C(=O)O[C@H]3CCOC3)C(C)C)ccc21. The number of esters is 1. The highest BCUT2D eigenvalue weighted by Gasteiger charge is 2.27. The Hall–Kier alpha value is -3.17. The van der Waals surface area contributed by atoms with Gasteiger partial charge in [-0.3, -0.25) is 9.59 Å². The van der Waals surface area contributed by atoms with Crippen molar-refractivity contribution in [2.24, 2.45) is 13.0 Å². The van der Waals surface area contributed by atoms with Gasteiger partial charge in [-0.25, -0.2) is 4.98 Å². The van der Waals surface area contributed by atoms with Gasteiger partial charge in [-0.05, 0) is 38.0 Å². The van der Waals surface area contributed by atoms with E-state index in [4.69, 9.17) is 19.2 Å². The van der Waals surface area contributed by atoms with E-state index in [1.54, 1.807) is 11.6 Å². The highest BCUT2D eigenvalue weighted by molar-refractivity contribution is 5.82. The van der Waals surface area contributed by atoms with Crippen LogP contribution < -0.4 is 15.6 Å². The van der Waals surface area contributed by atoms with Gasteiger partial charge in [0.15, 0.2) is 0 Å². The third-order valence-electron chi connectivity index (χ3n) is 6.48. The summed E-state index contributed by atoms with van der Waals surface area (Å²) in [6, 6.07) is 7.35. The van der Waals surface area contributed by atoms with Crippen LogP contribution >= 0.6 is 0 Å². The van der Waals surface area contributed by atoms with Gasteiger partial charge >= 0.3 is 5.97 Å². The lowest BCUT2D eigenvalue weighted by atomic mass is 10.0. The smallest absolute Gasteiger partial charge is 0.323 e. The van der Waals surface area contributed by atoms with Gasteiger partial charge < -0.3 is 28.7 Å². The van der Waals surface area contributed by atoms with Gasteiger partial charge in [0.2, 0.25) is 0 Å². The van der Waals surface area contributed by atoms with Crippen LogP contribution in [-0.2, 0) is 27.9 Å². The Labute approximate surface area is 211 Å². The molecular formula is C27H36N4O5. The van der Waals surface area contributed by atoms with E-state index < -0.39 is 6.04 Å². The Morgan fingerprint density at radius 1 is 1.31 bits per heavy atom. The molecule has 1 unspecified atom stereocenters. The van der Waals surface area contributed by atoms with Gasteiger partial charge in [0.05, 0.1) is 24.2 Å². The average Bonchev–Trinajstić information content (AvgIpc) is 3.48. The molecule has 0 bridgehead atoms. The molecule has 0 spiro atoms. The molecule has 1 aliphatic heterocycles. The van der Waals surface area contributed by atoms with Gasteiger partial charge in [-0.2, -0.15) is 0 Å². The third-order valence-corrected chi connectivity index (χ3v) is 6.48. The lowest BCUT2D eigenvalue weighted by Crippen LogP contribution is -2.45. The first-order chi connectivity index (χ1) is 17.3. The summed E-state index contributed by atoms with van der Waals surface area (Å²) < 4.78 is 20.6. The van der Waals surface area contributed by atoms with Crippen LogP contribution in [-0.4, -0.2) is 58.6 Å². The van der Waals surface area contributed by atoms with Crippen molar-refractivity contribution in [1.82, 2.24) is 19.4 Å². The molecule has 1 aliphatic rings. The van der Waals surface area contributed by atoms with E-state index in [1.807, 2.05) is 51.2 Å². The maximum absolute atomic E-state index is 12.6. The van der Waals surface area contributed by atoms with Crippen LogP contribution in [0.4, 0.5) is 0 Å². The molecule has 0 aliphatic carbocycles. The van der Waals surface area contributed by atoms with Gasteiger partial charge in [0.25, 0.3) is 5.56 Å². The van der Waals surface area contributed by atoms with Crippen LogP contribution in [0.3, 0.4) is 0 Å². The maximum Gasteiger partial charge on any atom is 0.323 e. The molecule has 2 aromatic heterocycles. The van der Waals surface area contributed by atoms with E-state index in [0.717, 1.165) is 35.4 Å². The number of hydrogen-bond donors (Lipinski definition) is 1. The maximum atomic E-state index is 12.6. The number of pyridine rings is 1. The normalized spacial score (nSPS) is 16.6. The van der Waals surface area contributed by atoms with Crippen molar-refractivity contribution in [2.75, 3.05) is 26.4 Å². The van der Waals surface area contributed by atoms with Gasteiger partial charge in [-0.1, -0.05) is 13.8 Å². The van der Waals surface area contributed by atoms with Crippen molar-refractivity contribution in [3.05, 3.63) is 46.4 Å². The second-order valence-corrected chi connectivity index (χ2v) is 9.60. The zero-order valence-corrected chi connectivity index (χ0v) is 21.7. The molecule has 3 heterocycles. The Morgan fingerprint density at radius 3 is 2.78 bits per heavy atom. The summed E-state index contributed by atoms with van der Waals surface area (Å²) in [7, 11) is 1.75. The number of aryl methyl sites for hydroxylation is 3. The first kappa shape index (κ1) is 25.9. The number of rotatable bonds is 10. The molecule has 0 radical (unpaired) electrons. The predicted molar refractivity (Wildman–Crippen MR) is 138 cm³/mol. The summed E-state index contributed by atoms with van der Waals surface area (Å²) in [4.78, 5) is 29.6. The molecule has 4 rings (SSSR count). The summed E-state index contributed by atoms with van der Waals surface area (Å²) in [5.74, 6) is 1.37. The molecule has 9 nitrogen and oxygen atoms in total. The highest BCUT2D eigenvalue weighted by Crippen LogP contribution is 2.27. The van der Waals surface area contributed by atoms with E-state index in [9.17, 15) is 9.59 Å². The van der Waals surface area contributed by atoms with Crippen molar-refractivity contribution in [2.45, 2.75) is 52.8 Å². The summed E-state index contributed by atoms with van der Waals surface area (Å²) in [5, 5.41) is 3.27. The molecule has 1 aromatic carbocycles. The summed E-state index contributed by atoms with van der Waals surface area (Å²) in [5.41, 5.74) is 3.40. The standard InChI is InChI=1S/C27H36N4O5/c1-6-31-23-8-7-20(14-22(23)29-25(31)19-13-18(4)26(32)30(5)15-19)35-12-10-28-24(17(2)3)27(33)36-21-9-11-34-16-21/h7-8,13-15,17,21,24,28H,6,9-12,16H2,1-5H3/t21-,24?/m0/s1. The van der Waals surface area contributed by atoms with Crippen LogP contribution in [0.25, 0.3) is 22.4 Å². The first-order valence-electron chi connectivity index (χ1n) is 12.6. The minimum atomic E-state index is -0.398. The fourth-order valence-electron chi connectivity index (χ4n) is 4.56. The summed E-state index contributed by atoms with van der Waals surface area (Å²) in [6.45, 7) is 10.6. The Bertz CT molecular complexity index is 1250. The van der Waals surface area contributed by atoms with Crippen molar-refractivity contribution in [3.63, 3.8) is 0 Å². The van der Waals surface area contributed by atoms with Crippen LogP contribution in [0.15, 0.2) is 35.3 Å². The zero-order valence-electron chi connectivity index (χ0n) is 21.7. The summed E-state index contributed by atoms with van der Waals surface area (Å²) in [6.07, 6.45) is 2.42. The van der Waals surface area contributed by atoms with Crippen molar-refractivity contribution in [1.29, 1.82) is 0 Å². The number of ether oxygens (including phenoxy) is 3. The molecule has 1 saturated heterocycles. The second-order valence-electron chi connectivity index (χ2n) is 9.60. The number of benzene rings is 1. The molecule has 2 atom stereocenters. The largest absolute Gasteiger partial charge is 0.492 e. The predicted octanol–water partition coefficient (Wildman–Crippen LogP) is 3.06. The average molecular weight is 497 g/mol. The molecule has 0 saturated carbocycles. The molecule has 0 amide bonds. The number of nitrogens with one attached hydrogen (secondary N) is 1. The van der Waals surface area contributed by atoms with Crippen LogP contribution in [0.2, 0.25) is 0 Å². The summed E-state index contributed by atoms with van der Waals surface area (Å²) >= 11 is 0. The molecule has 3 aromatic rings. The van der Waals surface area contributed by atoms with E-state index >= 15 is 0 Å². The molecular weight excluding hydrogens is 460 g/mol. The zero-order chi connectivity index (χ0) is 25.8. The first-order valence-corrected chi connectivity index (χ1v) is 12.6. The number of aromatic nitrogens is 3. The minimum absolute atomic E-state index is 0.0114. The number of carbonyl (C=O) groups is 1. The number of hydrogen-bond acceptors (Lipinski definition) is 7. The topological polar surface area (TPSA) is 96.6 Å². The quantitative estimate of drug-likeness (QED) is 0.340.